The van der Waals surface area contributed by atoms with Gasteiger partial charge in [-0.1, -0.05) is 31.0 Å². The van der Waals surface area contributed by atoms with Gasteiger partial charge < -0.3 is 11.1 Å². The fraction of sp³-hybridized carbons (Fsp3) is 0.438. The molecule has 0 atom stereocenters. The van der Waals surface area contributed by atoms with E-state index >= 15 is 0 Å². The molecule has 1 aliphatic carbocycles. The molecule has 0 saturated heterocycles. The first-order chi connectivity index (χ1) is 9.31. The summed E-state index contributed by atoms with van der Waals surface area (Å²) >= 11 is 0. The Hall–Kier alpha value is -1.61. The van der Waals surface area contributed by atoms with Crippen LogP contribution in [-0.4, -0.2) is 18.1 Å². The topological polar surface area (TPSA) is 50.9 Å². The monoisotopic (exact) mass is 255 g/mol. The lowest BCUT2D eigenvalue weighted by molar-refractivity contribution is 0.332. The van der Waals surface area contributed by atoms with Gasteiger partial charge in [-0.05, 0) is 43.0 Å². The second-order valence-corrected chi connectivity index (χ2v) is 5.65. The third kappa shape index (κ3) is 2.56. The zero-order valence-corrected chi connectivity index (χ0v) is 11.2. The number of aromatic nitrogens is 1. The van der Waals surface area contributed by atoms with Crippen molar-refractivity contribution in [3.8, 4) is 0 Å². The number of para-hydroxylation sites is 1. The zero-order valence-electron chi connectivity index (χ0n) is 11.2. The largest absolute Gasteiger partial charge is 0.369 e. The van der Waals surface area contributed by atoms with Crippen molar-refractivity contribution in [3.63, 3.8) is 0 Å². The van der Waals surface area contributed by atoms with Crippen LogP contribution in [0.1, 0.15) is 25.7 Å². The molecule has 3 rings (SSSR count). The van der Waals surface area contributed by atoms with E-state index in [2.05, 4.69) is 34.6 Å². The number of nitrogens with two attached hydrogens (primary N) is 1. The van der Waals surface area contributed by atoms with Crippen molar-refractivity contribution in [2.45, 2.75) is 25.7 Å². The van der Waals surface area contributed by atoms with Gasteiger partial charge >= 0.3 is 0 Å². The number of anilines is 1. The Labute approximate surface area is 114 Å². The molecule has 1 aromatic heterocycles. The Balaban J connectivity index is 1.74. The molecule has 3 heteroatoms. The summed E-state index contributed by atoms with van der Waals surface area (Å²) < 4.78 is 0. The molecule has 0 amide bonds. The number of fused-ring (bicyclic) bond motifs is 1. The van der Waals surface area contributed by atoms with Crippen LogP contribution in [-0.2, 0) is 0 Å². The second-order valence-electron chi connectivity index (χ2n) is 5.65. The fourth-order valence-electron chi connectivity index (χ4n) is 3.02. The predicted molar refractivity (Wildman–Crippen MR) is 80.2 cm³/mol. The van der Waals surface area contributed by atoms with Crippen LogP contribution in [0.5, 0.6) is 0 Å². The molecule has 0 radical (unpaired) electrons. The van der Waals surface area contributed by atoms with Crippen molar-refractivity contribution in [3.05, 3.63) is 36.4 Å². The molecule has 1 aromatic carbocycles. The lowest BCUT2D eigenvalue weighted by Gasteiger charge is -2.27. The molecular weight excluding hydrogens is 234 g/mol. The van der Waals surface area contributed by atoms with Gasteiger partial charge in [-0.15, -0.1) is 0 Å². The smallest absolute Gasteiger partial charge is 0.126 e. The van der Waals surface area contributed by atoms with Gasteiger partial charge in [0.05, 0.1) is 5.52 Å². The van der Waals surface area contributed by atoms with Gasteiger partial charge in [-0.2, -0.15) is 0 Å². The summed E-state index contributed by atoms with van der Waals surface area (Å²) in [7, 11) is 0. The molecule has 2 aromatic rings. The molecule has 1 fully saturated rings. The summed E-state index contributed by atoms with van der Waals surface area (Å²) in [5, 5.41) is 4.66. The van der Waals surface area contributed by atoms with E-state index in [1.54, 1.807) is 0 Å². The van der Waals surface area contributed by atoms with Gasteiger partial charge in [-0.3, -0.25) is 0 Å². The third-order valence-corrected chi connectivity index (χ3v) is 4.34. The summed E-state index contributed by atoms with van der Waals surface area (Å²) in [6.07, 6.45) is 5.10. The Bertz CT molecular complexity index is 559. The minimum Gasteiger partial charge on any atom is -0.369 e. The predicted octanol–water partition coefficient (Wildman–Crippen LogP) is 3.17. The van der Waals surface area contributed by atoms with Crippen LogP contribution in [0, 0.1) is 5.41 Å². The number of nitrogens with one attached hydrogen (secondary N) is 1. The van der Waals surface area contributed by atoms with Crippen molar-refractivity contribution in [2.75, 3.05) is 18.4 Å². The lowest BCUT2D eigenvalue weighted by Crippen LogP contribution is -2.34. The van der Waals surface area contributed by atoms with Crippen LogP contribution < -0.4 is 11.1 Å². The number of hydrogen-bond donors (Lipinski definition) is 2. The summed E-state index contributed by atoms with van der Waals surface area (Å²) in [4.78, 5) is 4.65. The standard InChI is InChI=1S/C16H21N3/c17-11-16(9-3-4-10-16)12-18-15-8-7-13-5-1-2-6-14(13)19-15/h1-2,5-8H,3-4,9-12,17H2,(H,18,19). The van der Waals surface area contributed by atoms with Crippen LogP contribution in [0.15, 0.2) is 36.4 Å². The van der Waals surface area contributed by atoms with Crippen molar-refractivity contribution >= 4 is 16.7 Å². The maximum atomic E-state index is 5.96. The summed E-state index contributed by atoms with van der Waals surface area (Å²) in [6, 6.07) is 12.4. The average Bonchev–Trinajstić information content (AvgIpc) is 2.94. The highest BCUT2D eigenvalue weighted by Crippen LogP contribution is 2.37. The maximum Gasteiger partial charge on any atom is 0.126 e. The van der Waals surface area contributed by atoms with Gasteiger partial charge in [0.15, 0.2) is 0 Å². The Morgan fingerprint density at radius 1 is 1.11 bits per heavy atom. The number of hydrogen-bond acceptors (Lipinski definition) is 3. The SMILES string of the molecule is NCC1(CNc2ccc3ccccc3n2)CCCC1. The molecule has 1 aliphatic rings. The molecule has 0 bridgehead atoms. The highest BCUT2D eigenvalue weighted by Gasteiger charge is 2.32. The molecule has 19 heavy (non-hydrogen) atoms. The first-order valence-electron chi connectivity index (χ1n) is 7.11. The second kappa shape index (κ2) is 5.17. The number of nitrogens with zero attached hydrogens (tertiary/aromatic N) is 1. The Kier molecular flexibility index (Phi) is 3.38. The first-order valence-corrected chi connectivity index (χ1v) is 7.11. The summed E-state index contributed by atoms with van der Waals surface area (Å²) in [6.45, 7) is 1.71. The number of benzene rings is 1. The molecular formula is C16H21N3. The fourth-order valence-corrected chi connectivity index (χ4v) is 3.02. The van der Waals surface area contributed by atoms with Crippen molar-refractivity contribution in [1.29, 1.82) is 0 Å². The van der Waals surface area contributed by atoms with E-state index in [-0.39, 0.29) is 5.41 Å². The van der Waals surface area contributed by atoms with Gasteiger partial charge in [0.2, 0.25) is 0 Å². The van der Waals surface area contributed by atoms with E-state index in [1.165, 1.54) is 31.1 Å². The molecule has 1 saturated carbocycles. The number of rotatable bonds is 4. The summed E-state index contributed by atoms with van der Waals surface area (Å²) in [5.74, 6) is 0.957. The molecule has 0 spiro atoms. The van der Waals surface area contributed by atoms with E-state index in [9.17, 15) is 0 Å². The van der Waals surface area contributed by atoms with E-state index in [0.717, 1.165) is 24.4 Å². The number of pyridine rings is 1. The first kappa shape index (κ1) is 12.4. The molecule has 3 N–H and O–H groups in total. The van der Waals surface area contributed by atoms with E-state index in [1.807, 2.05) is 12.1 Å². The quantitative estimate of drug-likeness (QED) is 0.882. The van der Waals surface area contributed by atoms with E-state index < -0.39 is 0 Å². The van der Waals surface area contributed by atoms with Gasteiger partial charge in [0.25, 0.3) is 0 Å². The van der Waals surface area contributed by atoms with Crippen molar-refractivity contribution in [2.24, 2.45) is 11.1 Å². The van der Waals surface area contributed by atoms with Crippen LogP contribution in [0.3, 0.4) is 0 Å². The molecule has 0 unspecified atom stereocenters. The molecule has 1 heterocycles. The van der Waals surface area contributed by atoms with E-state index in [0.29, 0.717) is 0 Å². The van der Waals surface area contributed by atoms with Crippen molar-refractivity contribution < 1.29 is 0 Å². The highest BCUT2D eigenvalue weighted by atomic mass is 15.0. The summed E-state index contributed by atoms with van der Waals surface area (Å²) in [5.41, 5.74) is 7.29. The van der Waals surface area contributed by atoms with Crippen LogP contribution >= 0.6 is 0 Å². The lowest BCUT2D eigenvalue weighted by atomic mass is 9.86. The highest BCUT2D eigenvalue weighted by molar-refractivity contribution is 5.80. The van der Waals surface area contributed by atoms with Gasteiger partial charge in [-0.25, -0.2) is 4.98 Å². The molecule has 0 aliphatic heterocycles. The van der Waals surface area contributed by atoms with Crippen LogP contribution in [0.4, 0.5) is 5.82 Å². The van der Waals surface area contributed by atoms with E-state index in [4.69, 9.17) is 5.73 Å². The third-order valence-electron chi connectivity index (χ3n) is 4.34. The molecule has 3 nitrogen and oxygen atoms in total. The molecule has 100 valence electrons. The minimum absolute atomic E-state index is 0.285. The van der Waals surface area contributed by atoms with Crippen molar-refractivity contribution in [1.82, 2.24) is 4.98 Å². The van der Waals surface area contributed by atoms with Crippen LogP contribution in [0.2, 0.25) is 0 Å². The zero-order chi connectivity index (χ0) is 13.1. The van der Waals surface area contributed by atoms with Gasteiger partial charge in [0, 0.05) is 11.9 Å². The minimum atomic E-state index is 0.285. The Morgan fingerprint density at radius 2 is 1.89 bits per heavy atom. The van der Waals surface area contributed by atoms with Crippen LogP contribution in [0.25, 0.3) is 10.9 Å². The maximum absolute atomic E-state index is 5.96. The normalized spacial score (nSPS) is 17.7. The Morgan fingerprint density at radius 3 is 2.68 bits per heavy atom. The average molecular weight is 255 g/mol. The van der Waals surface area contributed by atoms with Gasteiger partial charge in [0.1, 0.15) is 5.82 Å².